The van der Waals surface area contributed by atoms with Crippen LogP contribution in [0.15, 0.2) is 65.6 Å². The monoisotopic (exact) mass is 596 g/mol. The van der Waals surface area contributed by atoms with E-state index >= 15 is 0 Å². The molecule has 1 amide bonds. The molecule has 10 nitrogen and oxygen atoms in total. The van der Waals surface area contributed by atoms with Crippen molar-refractivity contribution >= 4 is 39.7 Å². The van der Waals surface area contributed by atoms with Crippen molar-refractivity contribution in [1.82, 2.24) is 0 Å². The number of carbonyl (C=O) groups is 1. The molecular formula is C31H36N2O8S. The lowest BCUT2D eigenvalue weighted by molar-refractivity contribution is -0.386. The Morgan fingerprint density at radius 1 is 0.976 bits per heavy atom. The summed E-state index contributed by atoms with van der Waals surface area (Å²) in [6.45, 7) is 12.5. The van der Waals surface area contributed by atoms with Gasteiger partial charge in [0, 0.05) is 23.4 Å². The van der Waals surface area contributed by atoms with Crippen LogP contribution in [0.2, 0.25) is 0 Å². The van der Waals surface area contributed by atoms with Gasteiger partial charge in [-0.15, -0.1) is 0 Å². The van der Waals surface area contributed by atoms with E-state index in [2.05, 4.69) is 0 Å². The fourth-order valence-electron chi connectivity index (χ4n) is 4.22. The van der Waals surface area contributed by atoms with Crippen molar-refractivity contribution < 1.29 is 32.2 Å². The predicted octanol–water partition coefficient (Wildman–Crippen LogP) is 7.61. The van der Waals surface area contributed by atoms with Crippen LogP contribution in [0.1, 0.15) is 69.9 Å². The maximum atomic E-state index is 12.7. The number of nitrogens with zero attached hydrogens (tertiary/aromatic N) is 2. The molecular weight excluding hydrogens is 560 g/mol. The highest BCUT2D eigenvalue weighted by atomic mass is 32.2. The lowest BCUT2D eigenvalue weighted by atomic mass is 10.1. The molecule has 1 atom stereocenters. The average molecular weight is 597 g/mol. The molecule has 0 heterocycles. The summed E-state index contributed by atoms with van der Waals surface area (Å²) in [5.74, 6) is -0.0577. The first kappa shape index (κ1) is 32.3. The molecule has 224 valence electrons. The van der Waals surface area contributed by atoms with E-state index in [-0.39, 0.29) is 27.9 Å². The number of carbonyl (C=O) groups excluding carboxylic acids is 1. The predicted molar refractivity (Wildman–Crippen MR) is 162 cm³/mol. The van der Waals surface area contributed by atoms with Crippen molar-refractivity contribution in [1.29, 1.82) is 0 Å². The molecule has 0 aliphatic rings. The van der Waals surface area contributed by atoms with E-state index in [1.54, 1.807) is 37.0 Å². The van der Waals surface area contributed by atoms with Crippen LogP contribution in [0, 0.1) is 17.0 Å². The SMILES string of the molecule is Cc1ccc(S(=O)(=O)O)c(C(C)Oc2cc(/C=C/c3ccc(N(C(=O)OC(C)(C)C)C(C)C)cc3)ccc2[N+](=O)[O-])c1. The highest BCUT2D eigenvalue weighted by Crippen LogP contribution is 2.34. The standard InChI is InChI=1S/C31H36N2O8S/c1-20(2)32(30(34)41-31(5,6)7)25-14-11-23(12-15-25)9-10-24-13-16-27(33(35)36)28(19-24)40-22(4)26-18-21(3)8-17-29(26)42(37,38)39/h8-20,22H,1-7H3,(H,37,38,39)/b10-9+. The Balaban J connectivity index is 1.87. The fourth-order valence-corrected chi connectivity index (χ4v) is 4.98. The lowest BCUT2D eigenvalue weighted by Gasteiger charge is -2.30. The number of benzene rings is 3. The third kappa shape index (κ3) is 8.40. The molecule has 0 saturated carbocycles. The van der Waals surface area contributed by atoms with Crippen molar-refractivity contribution in [3.8, 4) is 5.75 Å². The molecule has 11 heteroatoms. The molecule has 0 bridgehead atoms. The van der Waals surface area contributed by atoms with Crippen molar-refractivity contribution in [2.24, 2.45) is 0 Å². The van der Waals surface area contributed by atoms with Crippen molar-refractivity contribution in [2.45, 2.75) is 71.1 Å². The number of hydrogen-bond donors (Lipinski definition) is 1. The number of ether oxygens (including phenoxy) is 2. The van der Waals surface area contributed by atoms with E-state index in [1.165, 1.54) is 24.3 Å². The second kappa shape index (κ2) is 12.7. The first-order valence-corrected chi connectivity index (χ1v) is 14.7. The highest BCUT2D eigenvalue weighted by molar-refractivity contribution is 7.85. The van der Waals surface area contributed by atoms with E-state index in [9.17, 15) is 27.9 Å². The van der Waals surface area contributed by atoms with Gasteiger partial charge in [0.2, 0.25) is 0 Å². The third-order valence-corrected chi connectivity index (χ3v) is 7.04. The Labute approximate surface area is 246 Å². The minimum Gasteiger partial charge on any atom is -0.479 e. The van der Waals surface area contributed by atoms with Crippen LogP contribution in [-0.2, 0) is 14.9 Å². The fraction of sp³-hybridized carbons (Fsp3) is 0.323. The van der Waals surface area contributed by atoms with E-state index < -0.39 is 32.8 Å². The normalized spacial score (nSPS) is 12.8. The van der Waals surface area contributed by atoms with Crippen LogP contribution < -0.4 is 9.64 Å². The molecule has 1 unspecified atom stereocenters. The second-order valence-electron chi connectivity index (χ2n) is 11.1. The average Bonchev–Trinajstić information content (AvgIpc) is 2.86. The highest BCUT2D eigenvalue weighted by Gasteiger charge is 2.26. The maximum Gasteiger partial charge on any atom is 0.415 e. The van der Waals surface area contributed by atoms with Crippen LogP contribution in [0.4, 0.5) is 16.2 Å². The number of nitro groups is 1. The summed E-state index contributed by atoms with van der Waals surface area (Å²) >= 11 is 0. The number of hydrogen-bond acceptors (Lipinski definition) is 7. The van der Waals surface area contributed by atoms with Gasteiger partial charge in [-0.25, -0.2) is 4.79 Å². The maximum absolute atomic E-state index is 12.7. The molecule has 0 radical (unpaired) electrons. The second-order valence-corrected chi connectivity index (χ2v) is 12.5. The summed E-state index contributed by atoms with van der Waals surface area (Å²) < 4.78 is 44.9. The van der Waals surface area contributed by atoms with E-state index in [1.807, 2.05) is 65.0 Å². The molecule has 3 rings (SSSR count). The van der Waals surface area contributed by atoms with Crippen LogP contribution in [0.3, 0.4) is 0 Å². The zero-order valence-corrected chi connectivity index (χ0v) is 25.5. The summed E-state index contributed by atoms with van der Waals surface area (Å²) in [6.07, 6.45) is 2.19. The Hall–Kier alpha value is -4.22. The van der Waals surface area contributed by atoms with Crippen LogP contribution >= 0.6 is 0 Å². The van der Waals surface area contributed by atoms with Crippen LogP contribution in [-0.4, -0.2) is 35.6 Å². The minimum atomic E-state index is -4.54. The van der Waals surface area contributed by atoms with Gasteiger partial charge in [0.25, 0.3) is 10.1 Å². The van der Waals surface area contributed by atoms with Crippen molar-refractivity contribution in [3.05, 3.63) is 93.0 Å². The molecule has 1 N–H and O–H groups in total. The summed E-state index contributed by atoms with van der Waals surface area (Å²) in [4.78, 5) is 25.1. The van der Waals surface area contributed by atoms with E-state index in [4.69, 9.17) is 9.47 Å². The Bertz CT molecular complexity index is 1590. The topological polar surface area (TPSA) is 136 Å². The van der Waals surface area contributed by atoms with Gasteiger partial charge in [0.1, 0.15) is 16.6 Å². The molecule has 0 spiro atoms. The third-order valence-electron chi connectivity index (χ3n) is 6.11. The minimum absolute atomic E-state index is 0.0577. The lowest BCUT2D eigenvalue weighted by Crippen LogP contribution is -2.41. The zero-order chi connectivity index (χ0) is 31.4. The van der Waals surface area contributed by atoms with Crippen LogP contribution in [0.5, 0.6) is 5.75 Å². The van der Waals surface area contributed by atoms with E-state index in [0.29, 0.717) is 11.3 Å². The summed E-state index contributed by atoms with van der Waals surface area (Å²) in [5.41, 5.74) is 2.08. The number of amides is 1. The van der Waals surface area contributed by atoms with Gasteiger partial charge in [-0.05, 0) is 89.9 Å². The number of nitro benzene ring substituents is 1. The van der Waals surface area contributed by atoms with Gasteiger partial charge in [-0.2, -0.15) is 8.42 Å². The smallest absolute Gasteiger partial charge is 0.415 e. The van der Waals surface area contributed by atoms with Crippen LogP contribution in [0.25, 0.3) is 12.2 Å². The van der Waals surface area contributed by atoms with Gasteiger partial charge in [0.15, 0.2) is 5.75 Å². The van der Waals surface area contributed by atoms with E-state index in [0.717, 1.165) is 11.1 Å². The first-order chi connectivity index (χ1) is 19.5. The van der Waals surface area contributed by atoms with Gasteiger partial charge < -0.3 is 9.47 Å². The quantitative estimate of drug-likeness (QED) is 0.115. The van der Waals surface area contributed by atoms with Crippen molar-refractivity contribution in [3.63, 3.8) is 0 Å². The number of aryl methyl sites for hydroxylation is 1. The van der Waals surface area contributed by atoms with Gasteiger partial charge in [0.05, 0.1) is 4.92 Å². The van der Waals surface area contributed by atoms with Crippen molar-refractivity contribution in [2.75, 3.05) is 4.90 Å². The number of rotatable bonds is 9. The van der Waals surface area contributed by atoms with Gasteiger partial charge >= 0.3 is 11.8 Å². The molecule has 3 aromatic carbocycles. The largest absolute Gasteiger partial charge is 0.479 e. The molecule has 0 fully saturated rings. The summed E-state index contributed by atoms with van der Waals surface area (Å²) in [7, 11) is -4.54. The van der Waals surface area contributed by atoms with Gasteiger partial charge in [-0.3, -0.25) is 19.6 Å². The number of anilines is 1. The van der Waals surface area contributed by atoms with Gasteiger partial charge in [-0.1, -0.05) is 42.0 Å². The molecule has 42 heavy (non-hydrogen) atoms. The molecule has 0 saturated heterocycles. The zero-order valence-electron chi connectivity index (χ0n) is 24.7. The first-order valence-electron chi connectivity index (χ1n) is 13.3. The molecule has 0 aliphatic heterocycles. The summed E-state index contributed by atoms with van der Waals surface area (Å²) in [5, 5.41) is 11.7. The Morgan fingerprint density at radius 3 is 2.12 bits per heavy atom. The Morgan fingerprint density at radius 2 is 1.57 bits per heavy atom. The molecule has 3 aromatic rings. The molecule has 0 aromatic heterocycles. The Kier molecular flexibility index (Phi) is 9.80. The molecule has 0 aliphatic carbocycles. The summed E-state index contributed by atoms with van der Waals surface area (Å²) in [6, 6.07) is 15.9.